The number of pyridine rings is 1. The summed E-state index contributed by atoms with van der Waals surface area (Å²) in [6.45, 7) is 1.88. The predicted octanol–water partition coefficient (Wildman–Crippen LogP) is 1.18. The summed E-state index contributed by atoms with van der Waals surface area (Å²) in [7, 11) is 1.91. The van der Waals surface area contributed by atoms with Crippen LogP contribution in [0.1, 0.15) is 12.8 Å². The molecule has 0 aliphatic carbocycles. The summed E-state index contributed by atoms with van der Waals surface area (Å²) >= 11 is 0. The maximum absolute atomic E-state index is 10.7. The maximum atomic E-state index is 10.7. The Bertz CT molecular complexity index is 404. The number of anilines is 1. The molecular weight excluding hydrogens is 220 g/mol. The zero-order chi connectivity index (χ0) is 12.3. The fourth-order valence-corrected chi connectivity index (χ4v) is 2.07. The zero-order valence-corrected chi connectivity index (χ0v) is 9.80. The Kier molecular flexibility index (Phi) is 3.53. The van der Waals surface area contributed by atoms with Crippen molar-refractivity contribution < 1.29 is 4.92 Å². The Hall–Kier alpha value is -1.69. The van der Waals surface area contributed by atoms with E-state index in [1.165, 1.54) is 24.8 Å². The minimum atomic E-state index is -0.396. The molecule has 1 aromatic heterocycles. The summed E-state index contributed by atoms with van der Waals surface area (Å²) in [4.78, 5) is 16.4. The van der Waals surface area contributed by atoms with Crippen LogP contribution in [0.3, 0.4) is 0 Å². The molecule has 92 valence electrons. The van der Waals surface area contributed by atoms with Crippen molar-refractivity contribution in [1.82, 2.24) is 10.3 Å². The summed E-state index contributed by atoms with van der Waals surface area (Å²) in [5.74, 6) is 0.646. The van der Waals surface area contributed by atoms with Crippen LogP contribution in [0, 0.1) is 10.1 Å². The third-order valence-electron chi connectivity index (χ3n) is 2.99. The summed E-state index contributed by atoms with van der Waals surface area (Å²) < 4.78 is 0. The number of hydrogen-bond donors (Lipinski definition) is 1. The average Bonchev–Trinajstić information content (AvgIpc) is 2.82. The van der Waals surface area contributed by atoms with Crippen LogP contribution in [-0.2, 0) is 0 Å². The molecule has 1 fully saturated rings. The largest absolute Gasteiger partial charge is 0.358 e. The van der Waals surface area contributed by atoms with Crippen molar-refractivity contribution in [3.05, 3.63) is 28.4 Å². The van der Waals surface area contributed by atoms with Gasteiger partial charge in [0.1, 0.15) is 5.82 Å². The number of nitrogens with zero attached hydrogens (tertiary/aromatic N) is 3. The van der Waals surface area contributed by atoms with E-state index in [0.717, 1.165) is 19.5 Å². The molecule has 2 heterocycles. The minimum absolute atomic E-state index is 0.0845. The number of rotatable bonds is 4. The molecular formula is C11H16N4O2. The molecule has 1 N–H and O–H groups in total. The number of likely N-dealkylation sites (N-methyl/N-ethyl adjacent to an activating group) is 1. The van der Waals surface area contributed by atoms with Gasteiger partial charge < -0.3 is 10.2 Å². The van der Waals surface area contributed by atoms with Crippen molar-refractivity contribution in [3.63, 3.8) is 0 Å². The van der Waals surface area contributed by atoms with E-state index in [0.29, 0.717) is 11.9 Å². The van der Waals surface area contributed by atoms with Gasteiger partial charge in [0.15, 0.2) is 0 Å². The predicted molar refractivity (Wildman–Crippen MR) is 65.2 cm³/mol. The van der Waals surface area contributed by atoms with Crippen molar-refractivity contribution in [3.8, 4) is 0 Å². The first-order valence-corrected chi connectivity index (χ1v) is 5.72. The van der Waals surface area contributed by atoms with Gasteiger partial charge in [-0.1, -0.05) is 0 Å². The Labute approximate surface area is 99.8 Å². The Morgan fingerprint density at radius 3 is 3.18 bits per heavy atom. The van der Waals surface area contributed by atoms with E-state index in [2.05, 4.69) is 10.3 Å². The first-order chi connectivity index (χ1) is 8.16. The molecule has 1 aromatic rings. The molecule has 1 atom stereocenters. The van der Waals surface area contributed by atoms with Crippen molar-refractivity contribution in [2.45, 2.75) is 18.9 Å². The maximum Gasteiger partial charge on any atom is 0.274 e. The second-order valence-electron chi connectivity index (χ2n) is 4.30. The molecule has 1 aliphatic heterocycles. The molecule has 1 saturated heterocycles. The molecule has 6 nitrogen and oxygen atoms in total. The van der Waals surface area contributed by atoms with E-state index in [1.807, 2.05) is 11.9 Å². The van der Waals surface area contributed by atoms with Crippen LogP contribution >= 0.6 is 0 Å². The normalized spacial score (nSPS) is 19.2. The highest BCUT2D eigenvalue weighted by molar-refractivity contribution is 5.46. The highest BCUT2D eigenvalue weighted by Crippen LogP contribution is 2.18. The third kappa shape index (κ3) is 2.91. The van der Waals surface area contributed by atoms with Gasteiger partial charge in [-0.2, -0.15) is 0 Å². The summed E-state index contributed by atoms with van der Waals surface area (Å²) in [6.07, 6.45) is 3.83. The van der Waals surface area contributed by atoms with Gasteiger partial charge in [0, 0.05) is 31.9 Å². The number of nitro groups is 1. The minimum Gasteiger partial charge on any atom is -0.358 e. The van der Waals surface area contributed by atoms with Crippen molar-refractivity contribution in [2.24, 2.45) is 0 Å². The lowest BCUT2D eigenvalue weighted by molar-refractivity contribution is -0.384. The van der Waals surface area contributed by atoms with E-state index in [-0.39, 0.29) is 5.69 Å². The molecule has 0 saturated carbocycles. The van der Waals surface area contributed by atoms with Crippen LogP contribution in [0.2, 0.25) is 0 Å². The lowest BCUT2D eigenvalue weighted by atomic mass is 10.2. The van der Waals surface area contributed by atoms with E-state index < -0.39 is 4.92 Å². The van der Waals surface area contributed by atoms with Gasteiger partial charge in [0.2, 0.25) is 0 Å². The summed E-state index contributed by atoms with van der Waals surface area (Å²) in [6, 6.07) is 3.38. The highest BCUT2D eigenvalue weighted by Gasteiger charge is 2.17. The Morgan fingerprint density at radius 1 is 1.71 bits per heavy atom. The van der Waals surface area contributed by atoms with Crippen molar-refractivity contribution >= 4 is 11.5 Å². The molecule has 1 unspecified atom stereocenters. The lowest BCUT2D eigenvalue weighted by Crippen LogP contribution is -2.35. The van der Waals surface area contributed by atoms with Gasteiger partial charge in [0.05, 0.1) is 11.0 Å². The molecule has 6 heteroatoms. The lowest BCUT2D eigenvalue weighted by Gasteiger charge is -2.21. The van der Waals surface area contributed by atoms with Crippen LogP contribution in [0.15, 0.2) is 18.3 Å². The molecule has 0 bridgehead atoms. The van der Waals surface area contributed by atoms with Gasteiger partial charge in [-0.05, 0) is 19.4 Å². The van der Waals surface area contributed by atoms with Gasteiger partial charge >= 0.3 is 0 Å². The fourth-order valence-electron chi connectivity index (χ4n) is 2.07. The zero-order valence-electron chi connectivity index (χ0n) is 9.80. The smallest absolute Gasteiger partial charge is 0.274 e. The quantitative estimate of drug-likeness (QED) is 0.627. The average molecular weight is 236 g/mol. The molecule has 0 spiro atoms. The van der Waals surface area contributed by atoms with Crippen LogP contribution in [0.4, 0.5) is 11.5 Å². The SMILES string of the molecule is CN(CC1CCCN1)c1cc([N+](=O)[O-])ccn1. The standard InChI is InChI=1S/C11H16N4O2/c1-14(8-9-3-2-5-12-9)11-7-10(15(16)17)4-6-13-11/h4,6-7,9,12H,2-3,5,8H2,1H3. The Balaban J connectivity index is 2.04. The van der Waals surface area contributed by atoms with Crippen molar-refractivity contribution in [2.75, 3.05) is 25.0 Å². The molecule has 17 heavy (non-hydrogen) atoms. The summed E-state index contributed by atoms with van der Waals surface area (Å²) in [5, 5.41) is 14.1. The molecule has 0 amide bonds. The molecule has 0 aromatic carbocycles. The van der Waals surface area contributed by atoms with Gasteiger partial charge in [-0.3, -0.25) is 10.1 Å². The van der Waals surface area contributed by atoms with Crippen LogP contribution < -0.4 is 10.2 Å². The fraction of sp³-hybridized carbons (Fsp3) is 0.545. The van der Waals surface area contributed by atoms with Gasteiger partial charge in [-0.25, -0.2) is 4.98 Å². The molecule has 1 aliphatic rings. The summed E-state index contributed by atoms with van der Waals surface area (Å²) in [5.41, 5.74) is 0.0845. The van der Waals surface area contributed by atoms with Crippen LogP contribution in [0.5, 0.6) is 0 Å². The van der Waals surface area contributed by atoms with E-state index in [9.17, 15) is 10.1 Å². The van der Waals surface area contributed by atoms with Crippen LogP contribution in [-0.4, -0.2) is 36.1 Å². The van der Waals surface area contributed by atoms with E-state index >= 15 is 0 Å². The van der Waals surface area contributed by atoms with E-state index in [1.54, 1.807) is 0 Å². The number of nitrogens with one attached hydrogen (secondary N) is 1. The Morgan fingerprint density at radius 2 is 2.53 bits per heavy atom. The monoisotopic (exact) mass is 236 g/mol. The third-order valence-corrected chi connectivity index (χ3v) is 2.99. The second kappa shape index (κ2) is 5.09. The molecule has 2 rings (SSSR count). The second-order valence-corrected chi connectivity index (χ2v) is 4.30. The van der Waals surface area contributed by atoms with Gasteiger partial charge in [0.25, 0.3) is 5.69 Å². The number of hydrogen-bond acceptors (Lipinski definition) is 5. The molecule has 0 radical (unpaired) electrons. The highest BCUT2D eigenvalue weighted by atomic mass is 16.6. The number of aromatic nitrogens is 1. The van der Waals surface area contributed by atoms with Crippen LogP contribution in [0.25, 0.3) is 0 Å². The van der Waals surface area contributed by atoms with Gasteiger partial charge in [-0.15, -0.1) is 0 Å². The first kappa shape index (κ1) is 11.8. The topological polar surface area (TPSA) is 71.3 Å². The first-order valence-electron chi connectivity index (χ1n) is 5.72. The van der Waals surface area contributed by atoms with E-state index in [4.69, 9.17) is 0 Å². The van der Waals surface area contributed by atoms with Crippen molar-refractivity contribution in [1.29, 1.82) is 0 Å².